The van der Waals surface area contributed by atoms with Crippen LogP contribution in [0.25, 0.3) is 0 Å². The van der Waals surface area contributed by atoms with Crippen molar-refractivity contribution in [3.05, 3.63) is 53.1 Å². The summed E-state index contributed by atoms with van der Waals surface area (Å²) in [6.07, 6.45) is 9.65. The van der Waals surface area contributed by atoms with E-state index in [2.05, 4.69) is 18.7 Å². The summed E-state index contributed by atoms with van der Waals surface area (Å²) in [7, 11) is -3.80. The fourth-order valence-electron chi connectivity index (χ4n) is 2.57. The first kappa shape index (κ1) is 22.2. The van der Waals surface area contributed by atoms with E-state index in [4.69, 9.17) is 0 Å². The minimum absolute atomic E-state index is 0.143. The standard InChI is InChI=1S/C21H31NO3S/c1-5-7-8-9-16-22(6-2)17-10-11-21(19(4)23)26(24,25)20-14-12-18(3)13-15-20/h10-15,17H,5-9,16H2,1-4H3. The Kier molecular flexibility index (Phi) is 9.35. The normalized spacial score (nSPS) is 12.5. The Labute approximate surface area is 158 Å². The highest BCUT2D eigenvalue weighted by molar-refractivity contribution is 7.96. The van der Waals surface area contributed by atoms with Gasteiger partial charge in [0.15, 0.2) is 5.78 Å². The van der Waals surface area contributed by atoms with Gasteiger partial charge in [0.05, 0.1) is 4.90 Å². The van der Waals surface area contributed by atoms with Crippen LogP contribution in [0, 0.1) is 6.92 Å². The minimum atomic E-state index is -3.80. The van der Waals surface area contributed by atoms with Gasteiger partial charge in [0.1, 0.15) is 4.91 Å². The van der Waals surface area contributed by atoms with Crippen LogP contribution in [-0.2, 0) is 14.6 Å². The molecule has 144 valence electrons. The fourth-order valence-corrected chi connectivity index (χ4v) is 3.96. The summed E-state index contributed by atoms with van der Waals surface area (Å²) in [6, 6.07) is 6.54. The number of Topliss-reactive ketones (excluding diaryl/α,β-unsaturated/α-hetero) is 1. The van der Waals surface area contributed by atoms with Crippen molar-refractivity contribution in [3.8, 4) is 0 Å². The number of allylic oxidation sites excluding steroid dienone is 3. The number of carbonyl (C=O) groups excluding carboxylic acids is 1. The molecule has 0 aliphatic carbocycles. The quantitative estimate of drug-likeness (QED) is 0.320. The Hall–Kier alpha value is -1.88. The van der Waals surface area contributed by atoms with Crippen LogP contribution in [-0.4, -0.2) is 32.2 Å². The van der Waals surface area contributed by atoms with Gasteiger partial charge in [-0.3, -0.25) is 4.79 Å². The van der Waals surface area contributed by atoms with E-state index in [1.54, 1.807) is 18.2 Å². The van der Waals surface area contributed by atoms with E-state index >= 15 is 0 Å². The van der Waals surface area contributed by atoms with Crippen LogP contribution in [0.15, 0.2) is 52.4 Å². The van der Waals surface area contributed by atoms with Crippen molar-refractivity contribution in [2.24, 2.45) is 0 Å². The van der Waals surface area contributed by atoms with E-state index in [9.17, 15) is 13.2 Å². The molecule has 1 aromatic rings. The lowest BCUT2D eigenvalue weighted by molar-refractivity contribution is -0.113. The third-order valence-corrected chi connectivity index (χ3v) is 6.11. The molecule has 4 nitrogen and oxygen atoms in total. The van der Waals surface area contributed by atoms with Crippen molar-refractivity contribution in [3.63, 3.8) is 0 Å². The molecule has 0 heterocycles. The minimum Gasteiger partial charge on any atom is -0.378 e. The SMILES string of the molecule is CCCCCCN(C=CC=C(C(C)=O)S(=O)(=O)c1ccc(C)cc1)CC. The lowest BCUT2D eigenvalue weighted by Gasteiger charge is -2.17. The van der Waals surface area contributed by atoms with Crippen LogP contribution in [0.2, 0.25) is 0 Å². The maximum absolute atomic E-state index is 12.7. The van der Waals surface area contributed by atoms with E-state index in [1.807, 2.05) is 13.1 Å². The van der Waals surface area contributed by atoms with Crippen LogP contribution in [0.3, 0.4) is 0 Å². The molecule has 0 fully saturated rings. The van der Waals surface area contributed by atoms with Crippen molar-refractivity contribution in [2.45, 2.75) is 58.3 Å². The summed E-state index contributed by atoms with van der Waals surface area (Å²) in [5, 5.41) is 0. The monoisotopic (exact) mass is 377 g/mol. The van der Waals surface area contributed by atoms with Crippen molar-refractivity contribution in [1.82, 2.24) is 4.90 Å². The molecule has 1 aromatic carbocycles. The van der Waals surface area contributed by atoms with E-state index in [1.165, 1.54) is 44.4 Å². The maximum atomic E-state index is 12.7. The van der Waals surface area contributed by atoms with Gasteiger partial charge in [-0.1, -0.05) is 43.9 Å². The summed E-state index contributed by atoms with van der Waals surface area (Å²) < 4.78 is 25.5. The first-order valence-corrected chi connectivity index (χ1v) is 10.8. The molecule has 26 heavy (non-hydrogen) atoms. The average Bonchev–Trinajstić information content (AvgIpc) is 2.60. The topological polar surface area (TPSA) is 54.5 Å². The Bertz CT molecular complexity index is 731. The van der Waals surface area contributed by atoms with Crippen molar-refractivity contribution in [2.75, 3.05) is 13.1 Å². The molecule has 0 bridgehead atoms. The van der Waals surface area contributed by atoms with Gasteiger partial charge in [-0.15, -0.1) is 0 Å². The number of hydrogen-bond acceptors (Lipinski definition) is 4. The second-order valence-electron chi connectivity index (χ2n) is 6.43. The molecule has 0 atom stereocenters. The van der Waals surface area contributed by atoms with E-state index < -0.39 is 15.6 Å². The summed E-state index contributed by atoms with van der Waals surface area (Å²) in [5.74, 6) is -0.457. The molecule has 1 rings (SSSR count). The molecule has 5 heteroatoms. The number of nitrogens with zero attached hydrogens (tertiary/aromatic N) is 1. The number of aryl methyl sites for hydroxylation is 1. The molecular formula is C21H31NO3S. The number of benzene rings is 1. The summed E-state index contributed by atoms with van der Waals surface area (Å²) in [5.41, 5.74) is 0.971. The van der Waals surface area contributed by atoms with Gasteiger partial charge in [0.2, 0.25) is 9.84 Å². The highest BCUT2D eigenvalue weighted by atomic mass is 32.2. The number of unbranched alkanes of at least 4 members (excludes halogenated alkanes) is 3. The zero-order valence-corrected chi connectivity index (χ0v) is 17.2. The van der Waals surface area contributed by atoms with Crippen LogP contribution in [0.1, 0.15) is 52.0 Å². The largest absolute Gasteiger partial charge is 0.378 e. The second-order valence-corrected chi connectivity index (χ2v) is 8.35. The fraction of sp³-hybridized carbons (Fsp3) is 0.476. The van der Waals surface area contributed by atoms with Gasteiger partial charge in [-0.05, 0) is 57.7 Å². The summed E-state index contributed by atoms with van der Waals surface area (Å²) >= 11 is 0. The van der Waals surface area contributed by atoms with Crippen LogP contribution in [0.4, 0.5) is 0 Å². The first-order valence-electron chi connectivity index (χ1n) is 9.28. The second kappa shape index (κ2) is 11.0. The highest BCUT2D eigenvalue weighted by Gasteiger charge is 2.23. The van der Waals surface area contributed by atoms with Crippen molar-refractivity contribution in [1.29, 1.82) is 0 Å². The van der Waals surface area contributed by atoms with Gasteiger partial charge in [0, 0.05) is 13.1 Å². The summed E-state index contributed by atoms with van der Waals surface area (Å²) in [6.45, 7) is 9.19. The predicted molar refractivity (Wildman–Crippen MR) is 108 cm³/mol. The van der Waals surface area contributed by atoms with E-state index in [0.29, 0.717) is 0 Å². The van der Waals surface area contributed by atoms with Gasteiger partial charge in [-0.25, -0.2) is 8.42 Å². The Morgan fingerprint density at radius 2 is 1.73 bits per heavy atom. The highest BCUT2D eigenvalue weighted by Crippen LogP contribution is 2.20. The van der Waals surface area contributed by atoms with Crippen LogP contribution >= 0.6 is 0 Å². The lowest BCUT2D eigenvalue weighted by Crippen LogP contribution is -2.17. The molecule has 0 saturated heterocycles. The van der Waals surface area contributed by atoms with Gasteiger partial charge >= 0.3 is 0 Å². The van der Waals surface area contributed by atoms with E-state index in [0.717, 1.165) is 25.1 Å². The number of hydrogen-bond donors (Lipinski definition) is 0. The van der Waals surface area contributed by atoms with E-state index in [-0.39, 0.29) is 9.80 Å². The zero-order valence-electron chi connectivity index (χ0n) is 16.4. The smallest absolute Gasteiger partial charge is 0.210 e. The molecule has 0 N–H and O–H groups in total. The molecule has 0 unspecified atom stereocenters. The Balaban J connectivity index is 2.94. The molecule has 0 spiro atoms. The van der Waals surface area contributed by atoms with Crippen LogP contribution in [0.5, 0.6) is 0 Å². The number of sulfone groups is 1. The van der Waals surface area contributed by atoms with Gasteiger partial charge in [-0.2, -0.15) is 0 Å². The van der Waals surface area contributed by atoms with Crippen LogP contribution < -0.4 is 0 Å². The lowest BCUT2D eigenvalue weighted by atomic mass is 10.2. The third-order valence-electron chi connectivity index (χ3n) is 4.22. The maximum Gasteiger partial charge on any atom is 0.210 e. The first-order chi connectivity index (χ1) is 12.3. The number of rotatable bonds is 11. The van der Waals surface area contributed by atoms with Crippen molar-refractivity contribution >= 4 is 15.6 Å². The van der Waals surface area contributed by atoms with Crippen molar-refractivity contribution < 1.29 is 13.2 Å². The number of ketones is 1. The molecule has 0 amide bonds. The molecule has 0 saturated carbocycles. The molecule has 0 aliphatic heterocycles. The molecular weight excluding hydrogens is 346 g/mol. The summed E-state index contributed by atoms with van der Waals surface area (Å²) in [4.78, 5) is 14.0. The van der Waals surface area contributed by atoms with Gasteiger partial charge in [0.25, 0.3) is 0 Å². The number of carbonyl (C=O) groups is 1. The third kappa shape index (κ3) is 6.79. The van der Waals surface area contributed by atoms with Gasteiger partial charge < -0.3 is 4.90 Å². The Morgan fingerprint density at radius 1 is 1.08 bits per heavy atom. The molecule has 0 aromatic heterocycles. The molecule has 0 radical (unpaired) electrons. The Morgan fingerprint density at radius 3 is 2.27 bits per heavy atom. The predicted octanol–water partition coefficient (Wildman–Crippen LogP) is 4.66. The average molecular weight is 378 g/mol. The molecule has 0 aliphatic rings. The zero-order chi connectivity index (χ0) is 19.6.